The van der Waals surface area contributed by atoms with Crippen molar-refractivity contribution < 1.29 is 0 Å². The Morgan fingerprint density at radius 1 is 0.882 bits per heavy atom. The zero-order valence-electron chi connectivity index (χ0n) is 19.4. The molecule has 2 aromatic carbocycles. The second-order valence-electron chi connectivity index (χ2n) is 8.50. The second-order valence-corrected chi connectivity index (χ2v) is 9.44. The number of aryl methyl sites for hydroxylation is 3. The quantitative estimate of drug-likeness (QED) is 0.326. The molecule has 0 amide bonds. The van der Waals surface area contributed by atoms with Crippen molar-refractivity contribution in [1.29, 1.82) is 0 Å². The summed E-state index contributed by atoms with van der Waals surface area (Å²) in [6.07, 6.45) is 2.49. The lowest BCUT2D eigenvalue weighted by molar-refractivity contribution is 0.840. The molecular formula is C27H25N5OS. The van der Waals surface area contributed by atoms with E-state index in [-0.39, 0.29) is 5.56 Å². The van der Waals surface area contributed by atoms with Crippen molar-refractivity contribution in [3.05, 3.63) is 117 Å². The molecule has 0 fully saturated rings. The Hall–Kier alpha value is -3.71. The molecule has 0 saturated heterocycles. The third kappa shape index (κ3) is 4.52. The van der Waals surface area contributed by atoms with Crippen molar-refractivity contribution in [3.63, 3.8) is 0 Å². The lowest BCUT2D eigenvalue weighted by atomic mass is 10.1. The van der Waals surface area contributed by atoms with E-state index in [9.17, 15) is 4.79 Å². The molecule has 34 heavy (non-hydrogen) atoms. The van der Waals surface area contributed by atoms with Gasteiger partial charge in [-0.15, -0.1) is 10.2 Å². The van der Waals surface area contributed by atoms with Crippen molar-refractivity contribution in [2.75, 3.05) is 0 Å². The fraction of sp³-hybridized carbons (Fsp3) is 0.185. The van der Waals surface area contributed by atoms with Crippen LogP contribution >= 0.6 is 11.8 Å². The third-order valence-corrected chi connectivity index (χ3v) is 6.67. The summed E-state index contributed by atoms with van der Waals surface area (Å²) in [5, 5.41) is 9.86. The Labute approximate surface area is 202 Å². The lowest BCUT2D eigenvalue weighted by Crippen LogP contribution is -2.15. The van der Waals surface area contributed by atoms with Gasteiger partial charge < -0.3 is 0 Å². The van der Waals surface area contributed by atoms with E-state index in [4.69, 9.17) is 0 Å². The molecule has 0 bridgehead atoms. The highest BCUT2D eigenvalue weighted by Gasteiger charge is 2.17. The Morgan fingerprint density at radius 2 is 1.68 bits per heavy atom. The maximum Gasteiger partial charge on any atom is 0.258 e. The van der Waals surface area contributed by atoms with Crippen LogP contribution in [-0.2, 0) is 12.2 Å². The van der Waals surface area contributed by atoms with E-state index in [1.165, 1.54) is 22.9 Å². The van der Waals surface area contributed by atoms with Crippen LogP contribution in [0.25, 0.3) is 11.3 Å². The number of rotatable bonds is 6. The van der Waals surface area contributed by atoms with E-state index in [1.54, 1.807) is 10.5 Å². The van der Waals surface area contributed by atoms with Gasteiger partial charge in [-0.25, -0.2) is 4.98 Å². The molecule has 3 heterocycles. The van der Waals surface area contributed by atoms with Crippen molar-refractivity contribution >= 4 is 17.4 Å². The molecule has 0 spiro atoms. The zero-order chi connectivity index (χ0) is 23.7. The van der Waals surface area contributed by atoms with Crippen molar-refractivity contribution in [2.24, 2.45) is 0 Å². The van der Waals surface area contributed by atoms with Crippen LogP contribution in [0.2, 0.25) is 0 Å². The Bertz CT molecular complexity index is 1540. The normalized spacial score (nSPS) is 11.3. The van der Waals surface area contributed by atoms with Crippen LogP contribution in [0.3, 0.4) is 0 Å². The average molecular weight is 468 g/mol. The predicted molar refractivity (Wildman–Crippen MR) is 136 cm³/mol. The molecule has 170 valence electrons. The lowest BCUT2D eigenvalue weighted by Gasteiger charge is -2.14. The van der Waals surface area contributed by atoms with Gasteiger partial charge in [-0.3, -0.25) is 13.8 Å². The predicted octanol–water partition coefficient (Wildman–Crippen LogP) is 5.08. The number of nitrogens with zero attached hydrogens (tertiary/aromatic N) is 5. The van der Waals surface area contributed by atoms with Gasteiger partial charge in [-0.1, -0.05) is 65.9 Å². The van der Waals surface area contributed by atoms with E-state index >= 15 is 0 Å². The minimum atomic E-state index is -0.0788. The number of benzene rings is 2. The molecular weight excluding hydrogens is 442 g/mol. The standard InChI is InChI=1S/C27H25N5OS/c1-18-9-11-23(20(3)13-18)32-25(14-21-7-5-4-6-8-21)29-30-27(32)34-17-22-15-26(33)31-16-19(2)10-12-24(31)28-22/h4-13,15-16H,14,17H2,1-3H3. The summed E-state index contributed by atoms with van der Waals surface area (Å²) in [4.78, 5) is 17.3. The van der Waals surface area contributed by atoms with Gasteiger partial charge in [0.25, 0.3) is 5.56 Å². The smallest absolute Gasteiger partial charge is 0.258 e. The highest BCUT2D eigenvalue weighted by Crippen LogP contribution is 2.28. The first-order chi connectivity index (χ1) is 16.5. The molecule has 0 N–H and O–H groups in total. The molecule has 0 atom stereocenters. The summed E-state index contributed by atoms with van der Waals surface area (Å²) in [7, 11) is 0. The summed E-state index contributed by atoms with van der Waals surface area (Å²) in [5.41, 5.74) is 6.92. The second kappa shape index (κ2) is 9.27. The molecule has 7 heteroatoms. The number of hydrogen-bond donors (Lipinski definition) is 0. The summed E-state index contributed by atoms with van der Waals surface area (Å²) in [6, 6.07) is 22.1. The van der Waals surface area contributed by atoms with E-state index in [2.05, 4.69) is 63.9 Å². The van der Waals surface area contributed by atoms with E-state index in [1.807, 2.05) is 43.5 Å². The van der Waals surface area contributed by atoms with Gasteiger partial charge in [0.05, 0.1) is 11.4 Å². The zero-order valence-corrected chi connectivity index (χ0v) is 20.2. The van der Waals surface area contributed by atoms with E-state index in [0.717, 1.165) is 33.5 Å². The highest BCUT2D eigenvalue weighted by atomic mass is 32.2. The molecule has 3 aromatic heterocycles. The van der Waals surface area contributed by atoms with Crippen LogP contribution in [0.5, 0.6) is 0 Å². The number of aromatic nitrogens is 5. The fourth-order valence-electron chi connectivity index (χ4n) is 4.06. The maximum atomic E-state index is 12.6. The highest BCUT2D eigenvalue weighted by molar-refractivity contribution is 7.98. The first-order valence-corrected chi connectivity index (χ1v) is 12.1. The van der Waals surface area contributed by atoms with Gasteiger partial charge in [-0.2, -0.15) is 0 Å². The van der Waals surface area contributed by atoms with Crippen LogP contribution in [-0.4, -0.2) is 24.1 Å². The molecule has 6 nitrogen and oxygen atoms in total. The minimum absolute atomic E-state index is 0.0788. The number of pyridine rings is 1. The summed E-state index contributed by atoms with van der Waals surface area (Å²) in [5.74, 6) is 1.40. The molecule has 5 rings (SSSR count). The van der Waals surface area contributed by atoms with Gasteiger partial charge in [0.1, 0.15) is 11.5 Å². The van der Waals surface area contributed by atoms with Crippen LogP contribution in [0.15, 0.2) is 82.9 Å². The maximum absolute atomic E-state index is 12.6. The van der Waals surface area contributed by atoms with Crippen LogP contribution in [0.1, 0.15) is 33.8 Å². The van der Waals surface area contributed by atoms with Gasteiger partial charge in [0.2, 0.25) is 0 Å². The Kier molecular flexibility index (Phi) is 6.02. The Morgan fingerprint density at radius 3 is 2.47 bits per heavy atom. The fourth-order valence-corrected chi connectivity index (χ4v) is 4.91. The van der Waals surface area contributed by atoms with Gasteiger partial charge in [-0.05, 0) is 49.6 Å². The van der Waals surface area contributed by atoms with Gasteiger partial charge >= 0.3 is 0 Å². The molecule has 0 unspecified atom stereocenters. The van der Waals surface area contributed by atoms with Crippen molar-refractivity contribution in [3.8, 4) is 5.69 Å². The summed E-state index contributed by atoms with van der Waals surface area (Å²) in [6.45, 7) is 6.16. The first kappa shape index (κ1) is 22.1. The average Bonchev–Trinajstić information content (AvgIpc) is 3.21. The molecule has 0 aliphatic carbocycles. The van der Waals surface area contributed by atoms with Crippen molar-refractivity contribution in [1.82, 2.24) is 24.1 Å². The van der Waals surface area contributed by atoms with Crippen molar-refractivity contribution in [2.45, 2.75) is 38.1 Å². The monoisotopic (exact) mass is 467 g/mol. The largest absolute Gasteiger partial charge is 0.273 e. The molecule has 0 aliphatic rings. The van der Waals surface area contributed by atoms with Crippen LogP contribution in [0, 0.1) is 20.8 Å². The molecule has 0 aliphatic heterocycles. The molecule has 5 aromatic rings. The number of fused-ring (bicyclic) bond motifs is 1. The third-order valence-electron chi connectivity index (χ3n) is 5.71. The molecule has 0 radical (unpaired) electrons. The van der Waals surface area contributed by atoms with Crippen LogP contribution in [0.4, 0.5) is 0 Å². The number of hydrogen-bond acceptors (Lipinski definition) is 5. The Balaban J connectivity index is 1.50. The van der Waals surface area contributed by atoms with Gasteiger partial charge in [0, 0.05) is 24.4 Å². The summed E-state index contributed by atoms with van der Waals surface area (Å²) < 4.78 is 3.71. The summed E-state index contributed by atoms with van der Waals surface area (Å²) >= 11 is 1.54. The number of thioether (sulfide) groups is 1. The van der Waals surface area contributed by atoms with Gasteiger partial charge in [0.15, 0.2) is 5.16 Å². The SMILES string of the molecule is Cc1ccc(-n2c(Cc3ccccc3)nnc2SCc2cc(=O)n3cc(C)ccc3n2)c(C)c1. The molecule has 0 saturated carbocycles. The minimum Gasteiger partial charge on any atom is -0.273 e. The van der Waals surface area contributed by atoms with Crippen LogP contribution < -0.4 is 5.56 Å². The van der Waals surface area contributed by atoms with E-state index < -0.39 is 0 Å². The van der Waals surface area contributed by atoms with E-state index in [0.29, 0.717) is 17.8 Å². The topological polar surface area (TPSA) is 65.1 Å². The first-order valence-electron chi connectivity index (χ1n) is 11.2.